The molecule has 0 aliphatic carbocycles. The third-order valence-electron chi connectivity index (χ3n) is 4.64. The maximum absolute atomic E-state index is 10.4. The highest BCUT2D eigenvalue weighted by Gasteiger charge is 2.13. The zero-order valence-corrected chi connectivity index (χ0v) is 14.5. The molecule has 24 heavy (non-hydrogen) atoms. The molecule has 0 saturated heterocycles. The van der Waals surface area contributed by atoms with Crippen LogP contribution >= 0.6 is 0 Å². The van der Waals surface area contributed by atoms with Crippen molar-refractivity contribution >= 4 is 0 Å². The van der Waals surface area contributed by atoms with Crippen LogP contribution < -0.4 is 0 Å². The van der Waals surface area contributed by atoms with Crippen LogP contribution in [0.25, 0.3) is 22.3 Å². The average Bonchev–Trinajstić information content (AvgIpc) is 2.57. The predicted octanol–water partition coefficient (Wildman–Crippen LogP) is 5.67. The lowest BCUT2D eigenvalue weighted by molar-refractivity contribution is 0.472. The quantitative estimate of drug-likeness (QED) is 0.639. The highest BCUT2D eigenvalue weighted by Crippen LogP contribution is 2.38. The van der Waals surface area contributed by atoms with E-state index in [-0.39, 0.29) is 0 Å². The van der Waals surface area contributed by atoms with E-state index >= 15 is 0 Å². The molecule has 0 heterocycles. The second kappa shape index (κ2) is 6.04. The molecule has 0 saturated carbocycles. The molecule has 2 heteroatoms. The van der Waals surface area contributed by atoms with E-state index in [1.165, 1.54) is 0 Å². The summed E-state index contributed by atoms with van der Waals surface area (Å²) in [4.78, 5) is 0. The number of rotatable bonds is 2. The fraction of sp³-hybridized carbons (Fsp3) is 0.182. The Hall–Kier alpha value is -2.74. The zero-order valence-electron chi connectivity index (χ0n) is 14.5. The van der Waals surface area contributed by atoms with Crippen LogP contribution in [0.15, 0.2) is 48.5 Å². The van der Waals surface area contributed by atoms with Crippen molar-refractivity contribution in [2.24, 2.45) is 0 Å². The van der Waals surface area contributed by atoms with E-state index in [4.69, 9.17) is 0 Å². The van der Waals surface area contributed by atoms with Crippen LogP contribution in [-0.4, -0.2) is 10.2 Å². The van der Waals surface area contributed by atoms with Gasteiger partial charge in [-0.1, -0.05) is 48.5 Å². The maximum Gasteiger partial charge on any atom is 0.126 e. The maximum atomic E-state index is 10.4. The van der Waals surface area contributed by atoms with Crippen molar-refractivity contribution in [1.82, 2.24) is 0 Å². The summed E-state index contributed by atoms with van der Waals surface area (Å²) in [5.74, 6) is 0.662. The van der Waals surface area contributed by atoms with Crippen molar-refractivity contribution in [2.75, 3.05) is 0 Å². The van der Waals surface area contributed by atoms with E-state index in [0.717, 1.165) is 44.5 Å². The summed E-state index contributed by atoms with van der Waals surface area (Å²) < 4.78 is 0. The zero-order chi connectivity index (χ0) is 17.4. The van der Waals surface area contributed by atoms with E-state index in [2.05, 4.69) is 0 Å². The molecule has 122 valence electrons. The average molecular weight is 318 g/mol. The van der Waals surface area contributed by atoms with Gasteiger partial charge in [0.2, 0.25) is 0 Å². The minimum absolute atomic E-state index is 0.331. The fourth-order valence-corrected chi connectivity index (χ4v) is 3.12. The van der Waals surface area contributed by atoms with Crippen molar-refractivity contribution in [2.45, 2.75) is 27.7 Å². The third kappa shape index (κ3) is 2.65. The molecule has 0 unspecified atom stereocenters. The lowest BCUT2D eigenvalue weighted by Crippen LogP contribution is -1.89. The van der Waals surface area contributed by atoms with Gasteiger partial charge in [0, 0.05) is 11.1 Å². The normalized spacial score (nSPS) is 10.8. The molecule has 0 aliphatic rings. The Morgan fingerprint density at radius 3 is 1.08 bits per heavy atom. The molecule has 0 fully saturated rings. The van der Waals surface area contributed by atoms with Crippen LogP contribution in [0.2, 0.25) is 0 Å². The molecule has 3 aromatic rings. The molecule has 0 radical (unpaired) electrons. The first-order chi connectivity index (χ1) is 11.4. The topological polar surface area (TPSA) is 40.5 Å². The molecule has 0 atom stereocenters. The molecule has 2 nitrogen and oxygen atoms in total. The van der Waals surface area contributed by atoms with E-state index in [1.54, 1.807) is 0 Å². The van der Waals surface area contributed by atoms with Gasteiger partial charge in [-0.15, -0.1) is 0 Å². The standard InChI is InChI=1S/C22H22O2/c1-13-5-7-15(3)21(23)19(13)17-9-11-18(12-10-17)20-14(2)6-8-16(4)22(20)24/h5-12,23-24H,1-4H3. The van der Waals surface area contributed by atoms with Gasteiger partial charge >= 0.3 is 0 Å². The minimum atomic E-state index is 0.331. The van der Waals surface area contributed by atoms with E-state index in [9.17, 15) is 10.2 Å². The van der Waals surface area contributed by atoms with E-state index in [0.29, 0.717) is 11.5 Å². The summed E-state index contributed by atoms with van der Waals surface area (Å²) in [5.41, 5.74) is 7.50. The van der Waals surface area contributed by atoms with Crippen LogP contribution in [0.3, 0.4) is 0 Å². The molecule has 0 aliphatic heterocycles. The van der Waals surface area contributed by atoms with Gasteiger partial charge in [-0.3, -0.25) is 0 Å². The van der Waals surface area contributed by atoms with Crippen molar-refractivity contribution in [1.29, 1.82) is 0 Å². The Morgan fingerprint density at radius 1 is 0.458 bits per heavy atom. The highest BCUT2D eigenvalue weighted by molar-refractivity contribution is 5.80. The van der Waals surface area contributed by atoms with E-state index < -0.39 is 0 Å². The Balaban J connectivity index is 2.11. The van der Waals surface area contributed by atoms with Crippen LogP contribution in [0.1, 0.15) is 22.3 Å². The summed E-state index contributed by atoms with van der Waals surface area (Å²) in [6, 6.07) is 15.9. The molecule has 0 bridgehead atoms. The first-order valence-corrected chi connectivity index (χ1v) is 8.09. The summed E-state index contributed by atoms with van der Waals surface area (Å²) in [5, 5.41) is 20.8. The fourth-order valence-electron chi connectivity index (χ4n) is 3.12. The van der Waals surface area contributed by atoms with Crippen LogP contribution in [0.4, 0.5) is 0 Å². The van der Waals surface area contributed by atoms with Crippen LogP contribution in [0.5, 0.6) is 11.5 Å². The minimum Gasteiger partial charge on any atom is -0.507 e. The van der Waals surface area contributed by atoms with Crippen molar-refractivity contribution in [3.05, 3.63) is 70.8 Å². The molecule has 3 aromatic carbocycles. The Bertz CT molecular complexity index is 830. The largest absolute Gasteiger partial charge is 0.507 e. The molecule has 0 aromatic heterocycles. The number of hydrogen-bond acceptors (Lipinski definition) is 2. The van der Waals surface area contributed by atoms with Crippen molar-refractivity contribution in [3.8, 4) is 33.8 Å². The van der Waals surface area contributed by atoms with Gasteiger partial charge in [-0.2, -0.15) is 0 Å². The second-order valence-electron chi connectivity index (χ2n) is 6.42. The van der Waals surface area contributed by atoms with Gasteiger partial charge in [0.15, 0.2) is 0 Å². The van der Waals surface area contributed by atoms with Gasteiger partial charge in [0.05, 0.1) is 0 Å². The van der Waals surface area contributed by atoms with Crippen LogP contribution in [-0.2, 0) is 0 Å². The number of phenols is 2. The van der Waals surface area contributed by atoms with Gasteiger partial charge in [0.1, 0.15) is 11.5 Å². The Labute approximate surface area is 143 Å². The van der Waals surface area contributed by atoms with E-state index in [1.807, 2.05) is 76.2 Å². The molecular weight excluding hydrogens is 296 g/mol. The second-order valence-corrected chi connectivity index (χ2v) is 6.42. The first-order valence-electron chi connectivity index (χ1n) is 8.09. The number of phenolic OH excluding ortho intramolecular Hbond substituents is 2. The van der Waals surface area contributed by atoms with Crippen LogP contribution in [0, 0.1) is 27.7 Å². The summed E-state index contributed by atoms with van der Waals surface area (Å²) in [6.07, 6.45) is 0. The lowest BCUT2D eigenvalue weighted by atomic mass is 9.93. The monoisotopic (exact) mass is 318 g/mol. The van der Waals surface area contributed by atoms with Gasteiger partial charge in [-0.25, -0.2) is 0 Å². The SMILES string of the molecule is Cc1ccc(C)c(-c2ccc(-c3c(C)ccc(C)c3O)cc2)c1O. The smallest absolute Gasteiger partial charge is 0.126 e. The van der Waals surface area contributed by atoms with Gasteiger partial charge in [0.25, 0.3) is 0 Å². The Kier molecular flexibility index (Phi) is 4.06. The lowest BCUT2D eigenvalue weighted by Gasteiger charge is -2.14. The van der Waals surface area contributed by atoms with Crippen molar-refractivity contribution in [3.63, 3.8) is 0 Å². The molecule has 2 N–H and O–H groups in total. The van der Waals surface area contributed by atoms with Gasteiger partial charge in [-0.05, 0) is 61.1 Å². The molecular formula is C22H22O2. The molecule has 3 rings (SSSR count). The Morgan fingerprint density at radius 2 is 0.750 bits per heavy atom. The summed E-state index contributed by atoms with van der Waals surface area (Å²) in [7, 11) is 0. The number of benzene rings is 3. The summed E-state index contributed by atoms with van der Waals surface area (Å²) in [6.45, 7) is 7.81. The number of aromatic hydroxyl groups is 2. The number of hydrogen-bond donors (Lipinski definition) is 2. The molecule has 0 amide bonds. The number of aryl methyl sites for hydroxylation is 4. The third-order valence-corrected chi connectivity index (χ3v) is 4.64. The molecule has 0 spiro atoms. The first kappa shape index (κ1) is 16.1. The highest BCUT2D eigenvalue weighted by atomic mass is 16.3. The predicted molar refractivity (Wildman–Crippen MR) is 99.6 cm³/mol. The van der Waals surface area contributed by atoms with Crippen molar-refractivity contribution < 1.29 is 10.2 Å². The van der Waals surface area contributed by atoms with Gasteiger partial charge < -0.3 is 10.2 Å². The summed E-state index contributed by atoms with van der Waals surface area (Å²) >= 11 is 0.